The fourth-order valence-corrected chi connectivity index (χ4v) is 2.15. The molecule has 0 bridgehead atoms. The molecule has 0 aliphatic carbocycles. The number of carbonyl (C=O) groups excluding carboxylic acids is 1. The van der Waals surface area contributed by atoms with Crippen molar-refractivity contribution in [2.75, 3.05) is 6.61 Å². The number of nitrogens with zero attached hydrogens (tertiary/aromatic N) is 3. The summed E-state index contributed by atoms with van der Waals surface area (Å²) < 4.78 is 6.59. The lowest BCUT2D eigenvalue weighted by Crippen LogP contribution is -2.18. The molecule has 1 N–H and O–H groups in total. The normalized spacial score (nSPS) is 10.8. The zero-order valence-corrected chi connectivity index (χ0v) is 11.9. The van der Waals surface area contributed by atoms with Gasteiger partial charge < -0.3 is 9.30 Å². The molecule has 2 aromatic heterocycles. The maximum atomic E-state index is 12.0. The van der Waals surface area contributed by atoms with E-state index in [9.17, 15) is 9.59 Å². The van der Waals surface area contributed by atoms with Gasteiger partial charge in [0.1, 0.15) is 0 Å². The fourth-order valence-electron chi connectivity index (χ4n) is 2.15. The van der Waals surface area contributed by atoms with E-state index in [-0.39, 0.29) is 17.9 Å². The molecule has 1 aromatic carbocycles. The van der Waals surface area contributed by atoms with Crippen LogP contribution in [0.25, 0.3) is 11.2 Å². The van der Waals surface area contributed by atoms with Crippen molar-refractivity contribution in [2.24, 2.45) is 0 Å². The number of fused-ring (bicyclic) bond motifs is 1. The van der Waals surface area contributed by atoms with Crippen LogP contribution in [-0.2, 0) is 11.3 Å². The molecule has 0 saturated carbocycles. The largest absolute Gasteiger partial charge is 0.460 e. The first-order valence-electron chi connectivity index (χ1n) is 6.85. The van der Waals surface area contributed by atoms with Gasteiger partial charge in [0.05, 0.1) is 19.5 Å². The summed E-state index contributed by atoms with van der Waals surface area (Å²) in [6.07, 6.45) is 1.54. The van der Waals surface area contributed by atoms with E-state index in [2.05, 4.69) is 15.0 Å². The molecule has 0 saturated heterocycles. The molecule has 3 aromatic rings. The smallest absolute Gasteiger partial charge is 0.374 e. The molecule has 0 radical (unpaired) electrons. The van der Waals surface area contributed by atoms with Gasteiger partial charge in [0.25, 0.3) is 5.56 Å². The first-order valence-corrected chi connectivity index (χ1v) is 6.85. The number of aromatic amines is 1. The average molecular weight is 298 g/mol. The van der Waals surface area contributed by atoms with Gasteiger partial charge >= 0.3 is 5.97 Å². The Bertz CT molecular complexity index is 867. The molecule has 22 heavy (non-hydrogen) atoms. The Morgan fingerprint density at radius 2 is 2.09 bits per heavy atom. The minimum absolute atomic E-state index is 0.117. The Morgan fingerprint density at radius 3 is 2.82 bits per heavy atom. The molecule has 7 nitrogen and oxygen atoms in total. The summed E-state index contributed by atoms with van der Waals surface area (Å²) in [7, 11) is 0. The van der Waals surface area contributed by atoms with Crippen LogP contribution in [0.5, 0.6) is 0 Å². The Labute approximate surface area is 125 Å². The highest BCUT2D eigenvalue weighted by molar-refractivity contribution is 5.87. The summed E-state index contributed by atoms with van der Waals surface area (Å²) in [5.74, 6) is -0.775. The number of ether oxygens (including phenoxy) is 1. The summed E-state index contributed by atoms with van der Waals surface area (Å²) >= 11 is 0. The highest BCUT2D eigenvalue weighted by Gasteiger charge is 2.15. The lowest BCUT2D eigenvalue weighted by Gasteiger charge is -2.05. The van der Waals surface area contributed by atoms with Crippen molar-refractivity contribution in [3.8, 4) is 0 Å². The first-order chi connectivity index (χ1) is 10.7. The van der Waals surface area contributed by atoms with Gasteiger partial charge in [-0.15, -0.1) is 0 Å². The average Bonchev–Trinajstić information content (AvgIpc) is 2.92. The van der Waals surface area contributed by atoms with Crippen molar-refractivity contribution in [2.45, 2.75) is 13.5 Å². The highest BCUT2D eigenvalue weighted by Crippen LogP contribution is 2.10. The van der Waals surface area contributed by atoms with Gasteiger partial charge in [0.15, 0.2) is 11.2 Å². The summed E-state index contributed by atoms with van der Waals surface area (Å²) in [5.41, 5.74) is 1.14. The predicted octanol–water partition coefficient (Wildman–Crippen LogP) is 1.34. The van der Waals surface area contributed by atoms with E-state index < -0.39 is 11.5 Å². The maximum absolute atomic E-state index is 12.0. The maximum Gasteiger partial charge on any atom is 0.374 e. The van der Waals surface area contributed by atoms with Gasteiger partial charge in [0, 0.05) is 0 Å². The minimum atomic E-state index is -0.658. The van der Waals surface area contributed by atoms with Crippen LogP contribution in [-0.4, -0.2) is 32.1 Å². The molecule has 0 aliphatic rings. The van der Waals surface area contributed by atoms with Crippen molar-refractivity contribution in [3.63, 3.8) is 0 Å². The zero-order chi connectivity index (χ0) is 15.5. The Morgan fingerprint density at radius 1 is 1.32 bits per heavy atom. The van der Waals surface area contributed by atoms with E-state index in [1.165, 1.54) is 6.33 Å². The third-order valence-corrected chi connectivity index (χ3v) is 3.14. The molecule has 0 atom stereocenters. The number of rotatable bonds is 4. The number of H-pyrrole nitrogens is 1. The second-order valence-electron chi connectivity index (χ2n) is 4.67. The molecule has 0 aliphatic heterocycles. The van der Waals surface area contributed by atoms with Crippen LogP contribution in [0, 0.1) is 0 Å². The quantitative estimate of drug-likeness (QED) is 0.734. The lowest BCUT2D eigenvalue weighted by molar-refractivity contribution is 0.0512. The summed E-state index contributed by atoms with van der Waals surface area (Å²) in [6, 6.07) is 9.71. The van der Waals surface area contributed by atoms with Crippen LogP contribution >= 0.6 is 0 Å². The van der Waals surface area contributed by atoms with Gasteiger partial charge in [-0.2, -0.15) is 0 Å². The number of carbonyl (C=O) groups is 1. The van der Waals surface area contributed by atoms with E-state index in [1.54, 1.807) is 11.5 Å². The van der Waals surface area contributed by atoms with Crippen molar-refractivity contribution >= 4 is 17.1 Å². The van der Waals surface area contributed by atoms with E-state index in [4.69, 9.17) is 4.74 Å². The third kappa shape index (κ3) is 2.60. The zero-order valence-electron chi connectivity index (χ0n) is 11.9. The van der Waals surface area contributed by atoms with E-state index in [0.717, 1.165) is 5.56 Å². The predicted molar refractivity (Wildman–Crippen MR) is 79.6 cm³/mol. The Balaban J connectivity index is 2.05. The van der Waals surface area contributed by atoms with Gasteiger partial charge in [-0.3, -0.25) is 9.78 Å². The van der Waals surface area contributed by atoms with Gasteiger partial charge in [-0.05, 0) is 12.5 Å². The van der Waals surface area contributed by atoms with Crippen molar-refractivity contribution in [3.05, 3.63) is 58.4 Å². The first kappa shape index (κ1) is 14.0. The number of hydrogen-bond acceptors (Lipinski definition) is 5. The molecular weight excluding hydrogens is 284 g/mol. The van der Waals surface area contributed by atoms with Crippen LogP contribution in [0.2, 0.25) is 0 Å². The molecule has 3 rings (SSSR count). The third-order valence-electron chi connectivity index (χ3n) is 3.14. The molecular formula is C15H14N4O3. The van der Waals surface area contributed by atoms with Crippen LogP contribution in [0.15, 0.2) is 41.5 Å². The van der Waals surface area contributed by atoms with Crippen molar-refractivity contribution < 1.29 is 9.53 Å². The van der Waals surface area contributed by atoms with Gasteiger partial charge in [-0.1, -0.05) is 30.3 Å². The second-order valence-corrected chi connectivity index (χ2v) is 4.67. The molecule has 0 amide bonds. The number of nitrogens with one attached hydrogen (secondary N) is 1. The molecule has 0 unspecified atom stereocenters. The van der Waals surface area contributed by atoms with Crippen LogP contribution in [0.3, 0.4) is 0 Å². The number of esters is 1. The topological polar surface area (TPSA) is 89.9 Å². The second kappa shape index (κ2) is 5.80. The van der Waals surface area contributed by atoms with Crippen molar-refractivity contribution in [1.82, 2.24) is 19.5 Å². The number of aromatic nitrogens is 4. The van der Waals surface area contributed by atoms with E-state index >= 15 is 0 Å². The summed E-state index contributed by atoms with van der Waals surface area (Å²) in [4.78, 5) is 34.4. The van der Waals surface area contributed by atoms with E-state index in [1.807, 2.05) is 30.3 Å². The summed E-state index contributed by atoms with van der Waals surface area (Å²) in [6.45, 7) is 2.41. The highest BCUT2D eigenvalue weighted by atomic mass is 16.5. The monoisotopic (exact) mass is 298 g/mol. The molecule has 2 heterocycles. The fraction of sp³-hybridized carbons (Fsp3) is 0.200. The Kier molecular flexibility index (Phi) is 3.69. The van der Waals surface area contributed by atoms with Crippen LogP contribution in [0.4, 0.5) is 0 Å². The number of benzene rings is 1. The van der Waals surface area contributed by atoms with Crippen molar-refractivity contribution in [1.29, 1.82) is 0 Å². The van der Waals surface area contributed by atoms with Crippen LogP contribution in [0.1, 0.15) is 23.1 Å². The van der Waals surface area contributed by atoms with Gasteiger partial charge in [0.2, 0.25) is 5.82 Å². The summed E-state index contributed by atoms with van der Waals surface area (Å²) in [5, 5.41) is 0. The SMILES string of the molecule is CCOC(=O)c1nc2c(ncn2Cc2ccccc2)c(=O)[nH]1. The molecule has 0 spiro atoms. The molecule has 7 heteroatoms. The molecule has 0 fully saturated rings. The minimum Gasteiger partial charge on any atom is -0.460 e. The van der Waals surface area contributed by atoms with Gasteiger partial charge in [-0.25, -0.2) is 14.8 Å². The standard InChI is InChI=1S/C15H14N4O3/c1-2-22-15(21)12-17-13-11(14(20)18-12)16-9-19(13)8-10-6-4-3-5-7-10/h3-7,9H,2,8H2,1H3,(H,17,18,20). The number of imidazole rings is 1. The van der Waals surface area contributed by atoms with Crippen LogP contribution < -0.4 is 5.56 Å². The Hall–Kier alpha value is -2.96. The number of hydrogen-bond donors (Lipinski definition) is 1. The lowest BCUT2D eigenvalue weighted by atomic mass is 10.2. The molecule has 112 valence electrons. The van der Waals surface area contributed by atoms with E-state index in [0.29, 0.717) is 12.2 Å².